The Morgan fingerprint density at radius 1 is 1.18 bits per heavy atom. The van der Waals surface area contributed by atoms with Crippen LogP contribution in [0.4, 0.5) is 16.2 Å². The van der Waals surface area contributed by atoms with Gasteiger partial charge in [-0.25, -0.2) is 14.4 Å². The first-order chi connectivity index (χ1) is 18.6. The molecule has 4 aromatic rings. The predicted octanol–water partition coefficient (Wildman–Crippen LogP) is 4.21. The summed E-state index contributed by atoms with van der Waals surface area (Å²) in [5.74, 6) is 1.25. The standard InChI is InChI=1S/C28H28FN7O2/c1-30-18-33-28-31-13-12-26(35-28)36-14-4-5-21(36)17-38-25-15-24(34-23-7-3-2-6-22(23)25)27(37)32-16-19-8-10-20(29)11-9-19/h2-3,6-13,15,18,21H,4-5,14,16-17H2,1H3,(H,32,37)(H,30,31,33,35)/t21-/m1/s1. The van der Waals surface area contributed by atoms with Crippen molar-refractivity contribution in [1.82, 2.24) is 20.3 Å². The number of fused-ring (bicyclic) bond motifs is 1. The normalized spacial score (nSPS) is 15.2. The van der Waals surface area contributed by atoms with Crippen molar-refractivity contribution in [3.05, 3.63) is 83.9 Å². The lowest BCUT2D eigenvalue weighted by atomic mass is 10.1. The third kappa shape index (κ3) is 5.86. The largest absolute Gasteiger partial charge is 0.491 e. The van der Waals surface area contributed by atoms with Gasteiger partial charge in [-0.3, -0.25) is 9.79 Å². The molecule has 0 bridgehead atoms. The molecule has 0 saturated carbocycles. The summed E-state index contributed by atoms with van der Waals surface area (Å²) in [4.78, 5) is 32.5. The van der Waals surface area contributed by atoms with Gasteiger partial charge >= 0.3 is 0 Å². The first kappa shape index (κ1) is 25.1. The Labute approximate surface area is 219 Å². The number of benzene rings is 2. The number of ether oxygens (including phenoxy) is 1. The average molecular weight is 514 g/mol. The Kier molecular flexibility index (Phi) is 7.67. The summed E-state index contributed by atoms with van der Waals surface area (Å²) in [7, 11) is 1.67. The van der Waals surface area contributed by atoms with Gasteiger partial charge in [0.05, 0.1) is 17.9 Å². The number of hydrogen-bond donors (Lipinski definition) is 2. The molecule has 38 heavy (non-hydrogen) atoms. The zero-order valence-corrected chi connectivity index (χ0v) is 21.0. The lowest BCUT2D eigenvalue weighted by molar-refractivity contribution is 0.0945. The van der Waals surface area contributed by atoms with Crippen LogP contribution >= 0.6 is 0 Å². The maximum atomic E-state index is 13.2. The third-order valence-electron chi connectivity index (χ3n) is 6.34. The molecule has 9 nitrogen and oxygen atoms in total. The van der Waals surface area contributed by atoms with Crippen LogP contribution in [0.3, 0.4) is 0 Å². The van der Waals surface area contributed by atoms with E-state index in [0.717, 1.165) is 36.2 Å². The molecule has 0 spiro atoms. The average Bonchev–Trinajstić information content (AvgIpc) is 3.43. The summed E-state index contributed by atoms with van der Waals surface area (Å²) in [5.41, 5.74) is 1.72. The van der Waals surface area contributed by atoms with E-state index in [2.05, 4.69) is 35.5 Å². The summed E-state index contributed by atoms with van der Waals surface area (Å²) in [6, 6.07) is 17.3. The third-order valence-corrected chi connectivity index (χ3v) is 6.34. The van der Waals surface area contributed by atoms with Gasteiger partial charge in [-0.1, -0.05) is 24.3 Å². The van der Waals surface area contributed by atoms with Crippen LogP contribution in [-0.4, -0.2) is 53.4 Å². The van der Waals surface area contributed by atoms with Gasteiger partial charge in [0.2, 0.25) is 5.95 Å². The second kappa shape index (κ2) is 11.6. The van der Waals surface area contributed by atoms with E-state index in [1.807, 2.05) is 30.3 Å². The fourth-order valence-corrected chi connectivity index (χ4v) is 4.45. The summed E-state index contributed by atoms with van der Waals surface area (Å²) in [6.45, 7) is 1.55. The minimum Gasteiger partial charge on any atom is -0.491 e. The van der Waals surface area contributed by atoms with Crippen molar-refractivity contribution < 1.29 is 13.9 Å². The van der Waals surface area contributed by atoms with Crippen molar-refractivity contribution >= 4 is 34.9 Å². The van der Waals surface area contributed by atoms with Gasteiger partial charge in [0.15, 0.2) is 0 Å². The van der Waals surface area contributed by atoms with Crippen molar-refractivity contribution in [2.24, 2.45) is 4.99 Å². The number of aliphatic imine (C=N–C) groups is 1. The monoisotopic (exact) mass is 513 g/mol. The van der Waals surface area contributed by atoms with Crippen molar-refractivity contribution in [2.45, 2.75) is 25.4 Å². The highest BCUT2D eigenvalue weighted by molar-refractivity contribution is 5.97. The first-order valence-electron chi connectivity index (χ1n) is 12.4. The molecular weight excluding hydrogens is 485 g/mol. The van der Waals surface area contributed by atoms with Gasteiger partial charge in [-0.15, -0.1) is 0 Å². The highest BCUT2D eigenvalue weighted by Gasteiger charge is 2.27. The number of rotatable bonds is 9. The number of anilines is 2. The van der Waals surface area contributed by atoms with Crippen molar-refractivity contribution in [3.8, 4) is 5.75 Å². The van der Waals surface area contributed by atoms with E-state index >= 15 is 0 Å². The fraction of sp³-hybridized carbons (Fsp3) is 0.250. The molecule has 1 atom stereocenters. The van der Waals surface area contributed by atoms with Gasteiger partial charge in [0.25, 0.3) is 5.91 Å². The van der Waals surface area contributed by atoms with E-state index in [4.69, 9.17) is 4.74 Å². The van der Waals surface area contributed by atoms with Gasteiger partial charge in [-0.2, -0.15) is 4.98 Å². The molecule has 1 amide bonds. The van der Waals surface area contributed by atoms with E-state index < -0.39 is 0 Å². The van der Waals surface area contributed by atoms with Crippen molar-refractivity contribution in [2.75, 3.05) is 30.4 Å². The second-order valence-electron chi connectivity index (χ2n) is 8.90. The Morgan fingerprint density at radius 2 is 2.03 bits per heavy atom. The number of pyridine rings is 1. The summed E-state index contributed by atoms with van der Waals surface area (Å²) in [6.07, 6.45) is 5.24. The van der Waals surface area contributed by atoms with Crippen LogP contribution in [0.25, 0.3) is 10.9 Å². The zero-order chi connectivity index (χ0) is 26.3. The number of amides is 1. The zero-order valence-electron chi connectivity index (χ0n) is 21.0. The first-order valence-corrected chi connectivity index (χ1v) is 12.4. The lowest BCUT2D eigenvalue weighted by Gasteiger charge is -2.26. The number of halogens is 1. The lowest BCUT2D eigenvalue weighted by Crippen LogP contribution is -2.35. The Bertz CT molecular complexity index is 1450. The minimum atomic E-state index is -0.330. The van der Waals surface area contributed by atoms with E-state index in [0.29, 0.717) is 23.8 Å². The molecule has 1 aliphatic rings. The maximum absolute atomic E-state index is 13.2. The van der Waals surface area contributed by atoms with E-state index in [-0.39, 0.29) is 30.0 Å². The van der Waals surface area contributed by atoms with Crippen LogP contribution < -0.4 is 20.3 Å². The minimum absolute atomic E-state index is 0.111. The van der Waals surface area contributed by atoms with Crippen LogP contribution in [0.2, 0.25) is 0 Å². The van der Waals surface area contributed by atoms with Crippen molar-refractivity contribution in [1.29, 1.82) is 0 Å². The SMILES string of the molecule is CN=CNc1nccc(N2CCC[C@@H]2COc2cc(C(=O)NCc3ccc(F)cc3)nc3ccccc23)n1. The Morgan fingerprint density at radius 3 is 2.87 bits per heavy atom. The summed E-state index contributed by atoms with van der Waals surface area (Å²) < 4.78 is 19.5. The predicted molar refractivity (Wildman–Crippen MR) is 145 cm³/mol. The second-order valence-corrected chi connectivity index (χ2v) is 8.90. The van der Waals surface area contributed by atoms with Crippen LogP contribution in [0, 0.1) is 5.82 Å². The number of nitrogens with zero attached hydrogens (tertiary/aromatic N) is 5. The molecule has 2 aromatic heterocycles. The Hall–Kier alpha value is -4.60. The van der Waals surface area contributed by atoms with Crippen LogP contribution in [-0.2, 0) is 6.54 Å². The van der Waals surface area contributed by atoms with Crippen LogP contribution in [0.5, 0.6) is 5.75 Å². The molecule has 2 aromatic carbocycles. The number of carbonyl (C=O) groups excluding carboxylic acids is 1. The number of para-hydroxylation sites is 1. The molecule has 0 radical (unpaired) electrons. The molecule has 0 aliphatic carbocycles. The van der Waals surface area contributed by atoms with Gasteiger partial charge in [0.1, 0.15) is 29.7 Å². The van der Waals surface area contributed by atoms with Gasteiger partial charge in [0, 0.05) is 37.8 Å². The summed E-state index contributed by atoms with van der Waals surface area (Å²) in [5, 5.41) is 6.65. The highest BCUT2D eigenvalue weighted by Crippen LogP contribution is 2.29. The smallest absolute Gasteiger partial charge is 0.270 e. The van der Waals surface area contributed by atoms with Crippen molar-refractivity contribution in [3.63, 3.8) is 0 Å². The molecule has 10 heteroatoms. The number of hydrogen-bond acceptors (Lipinski definition) is 7. The summed E-state index contributed by atoms with van der Waals surface area (Å²) >= 11 is 0. The maximum Gasteiger partial charge on any atom is 0.270 e. The van der Waals surface area contributed by atoms with E-state index in [1.165, 1.54) is 12.1 Å². The number of carbonyl (C=O) groups is 1. The molecule has 1 aliphatic heterocycles. The van der Waals surface area contributed by atoms with E-state index in [9.17, 15) is 9.18 Å². The molecule has 1 saturated heterocycles. The van der Waals surface area contributed by atoms with E-state index in [1.54, 1.807) is 37.8 Å². The molecular formula is C28H28FN7O2. The molecule has 5 rings (SSSR count). The molecule has 2 N–H and O–H groups in total. The fourth-order valence-electron chi connectivity index (χ4n) is 4.45. The van der Waals surface area contributed by atoms with Crippen LogP contribution in [0.15, 0.2) is 71.9 Å². The van der Waals surface area contributed by atoms with Crippen LogP contribution in [0.1, 0.15) is 28.9 Å². The Balaban J connectivity index is 1.31. The van der Waals surface area contributed by atoms with Gasteiger partial charge < -0.3 is 20.3 Å². The molecule has 0 unspecified atom stereocenters. The van der Waals surface area contributed by atoms with Gasteiger partial charge in [-0.05, 0) is 48.7 Å². The molecule has 1 fully saturated rings. The topological polar surface area (TPSA) is 105 Å². The molecule has 3 heterocycles. The highest BCUT2D eigenvalue weighted by atomic mass is 19.1. The number of nitrogens with one attached hydrogen (secondary N) is 2. The quantitative estimate of drug-likeness (QED) is 0.255. The molecule has 194 valence electrons. The number of aromatic nitrogens is 3.